The summed E-state index contributed by atoms with van der Waals surface area (Å²) in [5.74, 6) is -1.14. The van der Waals surface area contributed by atoms with E-state index < -0.39 is 16.8 Å². The van der Waals surface area contributed by atoms with E-state index in [0.717, 1.165) is 5.70 Å². The fraction of sp³-hybridized carbons (Fsp3) is 0.400. The van der Waals surface area contributed by atoms with E-state index in [1.165, 1.54) is 19.2 Å². The number of carbonyl (C=O) groups is 2. The summed E-state index contributed by atoms with van der Waals surface area (Å²) < 4.78 is 4.95. The summed E-state index contributed by atoms with van der Waals surface area (Å²) in [6.45, 7) is 5.85. The van der Waals surface area contributed by atoms with Crippen LogP contribution in [-0.2, 0) is 14.3 Å². The smallest absolute Gasteiger partial charge is 0.336 e. The topological polar surface area (TPSA) is 98.5 Å². The average Bonchev–Trinajstić information content (AvgIpc) is 2.58. The predicted molar refractivity (Wildman–Crippen MR) is 98.7 cm³/mol. The third-order valence-corrected chi connectivity index (χ3v) is 5.08. The highest BCUT2D eigenvalue weighted by atomic mass is 16.6. The summed E-state index contributed by atoms with van der Waals surface area (Å²) >= 11 is 0. The lowest BCUT2D eigenvalue weighted by Crippen LogP contribution is -2.38. The Hall–Kier alpha value is -2.96. The van der Waals surface area contributed by atoms with Crippen molar-refractivity contribution >= 4 is 17.4 Å². The summed E-state index contributed by atoms with van der Waals surface area (Å²) in [6, 6.07) is 5.97. The van der Waals surface area contributed by atoms with Gasteiger partial charge in [-0.05, 0) is 24.3 Å². The van der Waals surface area contributed by atoms with Crippen LogP contribution >= 0.6 is 0 Å². The van der Waals surface area contributed by atoms with Gasteiger partial charge in [-0.25, -0.2) is 4.79 Å². The molecule has 1 aromatic rings. The van der Waals surface area contributed by atoms with Gasteiger partial charge >= 0.3 is 5.97 Å². The van der Waals surface area contributed by atoms with Crippen LogP contribution in [0.4, 0.5) is 5.69 Å². The van der Waals surface area contributed by atoms with E-state index in [2.05, 4.69) is 5.32 Å². The number of nitrogens with zero attached hydrogens (tertiary/aromatic N) is 1. The SMILES string of the molecule is COC(=O)C1=C(C)NC2=C(C(=O)CC(C)(C)C2)[C@H]1c1ccc([N+](=O)[O-])cc1. The van der Waals surface area contributed by atoms with E-state index >= 15 is 0 Å². The molecule has 0 saturated carbocycles. The molecule has 7 heteroatoms. The molecule has 0 unspecified atom stereocenters. The van der Waals surface area contributed by atoms with Gasteiger partial charge in [0.2, 0.25) is 0 Å². The molecule has 1 heterocycles. The third-order valence-electron chi connectivity index (χ3n) is 5.08. The molecule has 0 aromatic heterocycles. The second-order valence-corrected chi connectivity index (χ2v) is 7.77. The number of ketones is 1. The van der Waals surface area contributed by atoms with Gasteiger partial charge in [0.1, 0.15) is 0 Å². The number of ether oxygens (including phenoxy) is 1. The number of hydrogen-bond acceptors (Lipinski definition) is 6. The van der Waals surface area contributed by atoms with Gasteiger partial charge in [-0.3, -0.25) is 14.9 Å². The Labute approximate surface area is 157 Å². The number of carbonyl (C=O) groups excluding carboxylic acids is 2. The number of methoxy groups -OCH3 is 1. The van der Waals surface area contributed by atoms with E-state index in [9.17, 15) is 19.7 Å². The van der Waals surface area contributed by atoms with Crippen molar-refractivity contribution in [1.29, 1.82) is 0 Å². The maximum Gasteiger partial charge on any atom is 0.336 e. The number of non-ortho nitro benzene ring substituents is 1. The number of rotatable bonds is 3. The molecule has 142 valence electrons. The molecule has 0 radical (unpaired) electrons. The Morgan fingerprint density at radius 2 is 1.89 bits per heavy atom. The molecule has 27 heavy (non-hydrogen) atoms. The van der Waals surface area contributed by atoms with E-state index in [-0.39, 0.29) is 16.9 Å². The lowest BCUT2D eigenvalue weighted by Gasteiger charge is -2.39. The molecule has 1 atom stereocenters. The molecule has 3 rings (SSSR count). The van der Waals surface area contributed by atoms with Gasteiger partial charge in [-0.1, -0.05) is 26.0 Å². The maximum absolute atomic E-state index is 13.0. The minimum atomic E-state index is -0.599. The fourth-order valence-corrected chi connectivity index (χ4v) is 3.94. The molecule has 0 spiro atoms. The van der Waals surface area contributed by atoms with Crippen molar-refractivity contribution in [1.82, 2.24) is 5.32 Å². The molecule has 0 bridgehead atoms. The molecule has 1 N–H and O–H groups in total. The fourth-order valence-electron chi connectivity index (χ4n) is 3.94. The number of nitro groups is 1. The molecule has 1 aliphatic heterocycles. The van der Waals surface area contributed by atoms with Gasteiger partial charge in [-0.15, -0.1) is 0 Å². The van der Waals surface area contributed by atoms with Crippen LogP contribution in [0.5, 0.6) is 0 Å². The second kappa shape index (κ2) is 6.64. The molecule has 0 amide bonds. The van der Waals surface area contributed by atoms with Crippen LogP contribution in [0, 0.1) is 15.5 Å². The highest BCUT2D eigenvalue weighted by Gasteiger charge is 2.43. The van der Waals surface area contributed by atoms with Crippen LogP contribution in [0.3, 0.4) is 0 Å². The quantitative estimate of drug-likeness (QED) is 0.498. The minimum Gasteiger partial charge on any atom is -0.466 e. The third kappa shape index (κ3) is 3.37. The lowest BCUT2D eigenvalue weighted by molar-refractivity contribution is -0.384. The van der Waals surface area contributed by atoms with Crippen LogP contribution in [0.25, 0.3) is 0 Å². The second-order valence-electron chi connectivity index (χ2n) is 7.77. The summed E-state index contributed by atoms with van der Waals surface area (Å²) in [7, 11) is 1.30. The molecule has 1 aliphatic carbocycles. The molecule has 1 aromatic carbocycles. The van der Waals surface area contributed by atoms with Crippen molar-refractivity contribution in [2.75, 3.05) is 7.11 Å². The number of Topliss-reactive ketones (excluding diaryl/α,β-unsaturated/α-hetero) is 1. The Kier molecular flexibility index (Phi) is 4.63. The Morgan fingerprint density at radius 1 is 1.26 bits per heavy atom. The van der Waals surface area contributed by atoms with Gasteiger partial charge in [0.15, 0.2) is 5.78 Å². The molecule has 0 fully saturated rings. The largest absolute Gasteiger partial charge is 0.466 e. The van der Waals surface area contributed by atoms with Crippen LogP contribution in [0.2, 0.25) is 0 Å². The van der Waals surface area contributed by atoms with Crippen molar-refractivity contribution in [3.63, 3.8) is 0 Å². The first kappa shape index (κ1) is 18.8. The van der Waals surface area contributed by atoms with Gasteiger partial charge in [-0.2, -0.15) is 0 Å². The van der Waals surface area contributed by atoms with Gasteiger partial charge in [0, 0.05) is 41.4 Å². The molecular weight excluding hydrogens is 348 g/mol. The van der Waals surface area contributed by atoms with Crippen molar-refractivity contribution in [3.05, 3.63) is 62.5 Å². The zero-order chi connectivity index (χ0) is 19.9. The molecule has 2 aliphatic rings. The van der Waals surface area contributed by atoms with E-state index in [1.807, 2.05) is 13.8 Å². The van der Waals surface area contributed by atoms with Gasteiger partial charge in [0.25, 0.3) is 5.69 Å². The van der Waals surface area contributed by atoms with Gasteiger partial charge < -0.3 is 10.1 Å². The number of benzene rings is 1. The number of nitrogens with one attached hydrogen (secondary N) is 1. The van der Waals surface area contributed by atoms with Gasteiger partial charge in [0.05, 0.1) is 17.6 Å². The summed E-state index contributed by atoms with van der Waals surface area (Å²) in [5.41, 5.74) is 2.79. The monoisotopic (exact) mass is 370 g/mol. The summed E-state index contributed by atoms with van der Waals surface area (Å²) in [6.07, 6.45) is 1.06. The Morgan fingerprint density at radius 3 is 2.44 bits per heavy atom. The average molecular weight is 370 g/mol. The molecular formula is C20H22N2O5. The first-order valence-corrected chi connectivity index (χ1v) is 8.71. The zero-order valence-electron chi connectivity index (χ0n) is 15.8. The van der Waals surface area contributed by atoms with Crippen molar-refractivity contribution in [2.45, 2.75) is 39.5 Å². The Balaban J connectivity index is 2.17. The minimum absolute atomic E-state index is 0.0222. The number of esters is 1. The highest BCUT2D eigenvalue weighted by molar-refractivity contribution is 6.04. The lowest BCUT2D eigenvalue weighted by atomic mass is 9.68. The van der Waals surface area contributed by atoms with E-state index in [4.69, 9.17) is 4.74 Å². The number of hydrogen-bond donors (Lipinski definition) is 1. The Bertz CT molecular complexity index is 893. The van der Waals surface area contributed by atoms with Crippen LogP contribution in [-0.4, -0.2) is 23.8 Å². The van der Waals surface area contributed by atoms with Crippen LogP contribution < -0.4 is 5.32 Å². The predicted octanol–water partition coefficient (Wildman–Crippen LogP) is 3.37. The van der Waals surface area contributed by atoms with E-state index in [0.29, 0.717) is 35.2 Å². The normalized spacial score (nSPS) is 21.5. The first-order chi connectivity index (χ1) is 12.6. The number of nitro benzene ring substituents is 1. The first-order valence-electron chi connectivity index (χ1n) is 8.71. The molecule has 7 nitrogen and oxygen atoms in total. The van der Waals surface area contributed by atoms with Crippen LogP contribution in [0.1, 0.15) is 45.1 Å². The maximum atomic E-state index is 13.0. The molecule has 0 saturated heterocycles. The zero-order valence-corrected chi connectivity index (χ0v) is 15.8. The van der Waals surface area contributed by atoms with E-state index in [1.54, 1.807) is 19.1 Å². The van der Waals surface area contributed by atoms with Crippen molar-refractivity contribution in [3.8, 4) is 0 Å². The highest BCUT2D eigenvalue weighted by Crippen LogP contribution is 2.46. The number of dihydropyridines is 1. The van der Waals surface area contributed by atoms with Crippen molar-refractivity contribution in [2.24, 2.45) is 5.41 Å². The standard InChI is InChI=1S/C20H22N2O5/c1-11-16(19(24)27-4)17(12-5-7-13(8-6-12)22(25)26)18-14(21-11)9-20(2,3)10-15(18)23/h5-8,17,21H,9-10H2,1-4H3/t17-/m0/s1. The van der Waals surface area contributed by atoms with Crippen molar-refractivity contribution < 1.29 is 19.2 Å². The summed E-state index contributed by atoms with van der Waals surface area (Å²) in [5, 5.41) is 14.2. The van der Waals surface area contributed by atoms with Crippen LogP contribution in [0.15, 0.2) is 46.8 Å². The summed E-state index contributed by atoms with van der Waals surface area (Å²) in [4.78, 5) is 35.9. The number of allylic oxidation sites excluding steroid dienone is 3.